The largest absolute Gasteiger partial charge is 0.508 e. The zero-order valence-corrected chi connectivity index (χ0v) is 22.9. The highest BCUT2D eigenvalue weighted by atomic mass is 16.3. The van der Waals surface area contributed by atoms with E-state index < -0.39 is 6.10 Å². The van der Waals surface area contributed by atoms with Crippen molar-refractivity contribution in [2.24, 2.45) is 0 Å². The van der Waals surface area contributed by atoms with Gasteiger partial charge in [-0.1, -0.05) is 60.7 Å². The number of aliphatic hydroxyl groups is 1. The summed E-state index contributed by atoms with van der Waals surface area (Å²) >= 11 is 0. The molecule has 41 heavy (non-hydrogen) atoms. The molecule has 0 bridgehead atoms. The summed E-state index contributed by atoms with van der Waals surface area (Å²) in [6.45, 7) is 2.73. The maximum Gasteiger partial charge on any atom is 0.224 e. The first-order valence-electron chi connectivity index (χ1n) is 13.5. The molecule has 0 aromatic heterocycles. The number of nitrogens with one attached hydrogen (secondary N) is 3. The summed E-state index contributed by atoms with van der Waals surface area (Å²) in [7, 11) is 0. The van der Waals surface area contributed by atoms with Gasteiger partial charge in [0, 0.05) is 19.1 Å². The van der Waals surface area contributed by atoms with Gasteiger partial charge in [0.25, 0.3) is 0 Å². The van der Waals surface area contributed by atoms with Crippen molar-refractivity contribution in [3.05, 3.63) is 113 Å². The van der Waals surface area contributed by atoms with Gasteiger partial charge in [0.15, 0.2) is 0 Å². The number of hydrogen-bond acceptors (Lipinski definition) is 6. The number of rotatable bonds is 13. The lowest BCUT2D eigenvalue weighted by molar-refractivity contribution is -0.120. The molecule has 6 N–H and O–H groups in total. The number of carbonyl (C=O) groups excluding carboxylic acids is 2. The molecule has 0 saturated heterocycles. The molecule has 0 saturated carbocycles. The van der Waals surface area contributed by atoms with E-state index in [1.165, 1.54) is 6.07 Å². The molecule has 2 atom stereocenters. The predicted octanol–water partition coefficient (Wildman–Crippen LogP) is 4.45. The molecule has 8 nitrogen and oxygen atoms in total. The van der Waals surface area contributed by atoms with Gasteiger partial charge in [-0.3, -0.25) is 9.59 Å². The standard InChI is InChI=1S/C33H35N3O5/c1-22(34-20-32(40)28-10-13-31(39)30(18-28)36-21-37)14-23-4-2-5-24(15-23)17-33(41)35-19-25-6-3-7-27(16-25)26-8-11-29(38)12-9-26/h2-13,15-16,18,21-22,32,34,38-40H,14,17,19-20H2,1H3,(H,35,41)(H,36,37)/t22-,32+/m1/s1. The maximum atomic E-state index is 12.7. The molecule has 212 valence electrons. The first-order valence-corrected chi connectivity index (χ1v) is 13.5. The summed E-state index contributed by atoms with van der Waals surface area (Å²) in [5.74, 6) is 0.0900. The number of carbonyl (C=O) groups is 2. The normalized spacial score (nSPS) is 12.3. The van der Waals surface area contributed by atoms with E-state index in [0.29, 0.717) is 31.5 Å². The maximum absolute atomic E-state index is 12.7. The molecule has 0 aliphatic rings. The molecule has 0 unspecified atom stereocenters. The van der Waals surface area contributed by atoms with Crippen LogP contribution >= 0.6 is 0 Å². The number of amides is 2. The lowest BCUT2D eigenvalue weighted by atomic mass is 10.0. The number of phenolic OH excluding ortho intramolecular Hbond substituents is 2. The van der Waals surface area contributed by atoms with Gasteiger partial charge in [0.2, 0.25) is 12.3 Å². The van der Waals surface area contributed by atoms with Gasteiger partial charge in [0.05, 0.1) is 18.2 Å². The summed E-state index contributed by atoms with van der Waals surface area (Å²) < 4.78 is 0. The van der Waals surface area contributed by atoms with Crippen LogP contribution in [0.1, 0.15) is 35.3 Å². The number of aromatic hydroxyl groups is 2. The van der Waals surface area contributed by atoms with E-state index in [2.05, 4.69) is 16.0 Å². The van der Waals surface area contributed by atoms with Crippen LogP contribution in [-0.4, -0.2) is 40.2 Å². The molecular weight excluding hydrogens is 518 g/mol. The Hall–Kier alpha value is -4.66. The summed E-state index contributed by atoms with van der Waals surface area (Å²) in [4.78, 5) is 23.4. The van der Waals surface area contributed by atoms with E-state index in [-0.39, 0.29) is 35.6 Å². The minimum absolute atomic E-state index is 0.0549. The second kappa shape index (κ2) is 14.1. The van der Waals surface area contributed by atoms with Crippen LogP contribution in [0, 0.1) is 0 Å². The molecule has 0 aliphatic carbocycles. The van der Waals surface area contributed by atoms with Crippen molar-refractivity contribution in [1.82, 2.24) is 10.6 Å². The molecule has 0 aliphatic heterocycles. The SMILES string of the molecule is C[C@H](Cc1cccc(CC(=O)NCc2cccc(-c3ccc(O)cc3)c2)c1)NC[C@H](O)c1ccc(O)c(NC=O)c1. The fourth-order valence-corrected chi connectivity index (χ4v) is 4.63. The van der Waals surface area contributed by atoms with Crippen molar-refractivity contribution < 1.29 is 24.9 Å². The number of aliphatic hydroxyl groups excluding tert-OH is 1. The fourth-order valence-electron chi connectivity index (χ4n) is 4.63. The van der Waals surface area contributed by atoms with E-state index >= 15 is 0 Å². The second-order valence-corrected chi connectivity index (χ2v) is 10.1. The van der Waals surface area contributed by atoms with Crippen molar-refractivity contribution >= 4 is 18.0 Å². The van der Waals surface area contributed by atoms with Crippen LogP contribution < -0.4 is 16.0 Å². The third-order valence-electron chi connectivity index (χ3n) is 6.79. The van der Waals surface area contributed by atoms with E-state index in [4.69, 9.17) is 0 Å². The van der Waals surface area contributed by atoms with Crippen molar-refractivity contribution in [2.45, 2.75) is 38.5 Å². The predicted molar refractivity (Wildman–Crippen MR) is 159 cm³/mol. The molecule has 4 rings (SSSR count). The van der Waals surface area contributed by atoms with Gasteiger partial charge < -0.3 is 31.3 Å². The topological polar surface area (TPSA) is 131 Å². The van der Waals surface area contributed by atoms with Gasteiger partial charge >= 0.3 is 0 Å². The summed E-state index contributed by atoms with van der Waals surface area (Å²) in [5.41, 5.74) is 5.82. The Morgan fingerprint density at radius 3 is 2.37 bits per heavy atom. The van der Waals surface area contributed by atoms with Gasteiger partial charge in [0.1, 0.15) is 11.5 Å². The third-order valence-corrected chi connectivity index (χ3v) is 6.79. The number of phenols is 2. The molecule has 0 spiro atoms. The summed E-state index contributed by atoms with van der Waals surface area (Å²) in [6.07, 6.45) is 0.633. The minimum Gasteiger partial charge on any atom is -0.508 e. The van der Waals surface area contributed by atoms with Crippen LogP contribution in [0.3, 0.4) is 0 Å². The third kappa shape index (κ3) is 8.66. The van der Waals surface area contributed by atoms with E-state index in [9.17, 15) is 24.9 Å². The molecular formula is C33H35N3O5. The highest BCUT2D eigenvalue weighted by molar-refractivity contribution is 5.78. The average molecular weight is 554 g/mol. The van der Waals surface area contributed by atoms with Crippen molar-refractivity contribution in [3.63, 3.8) is 0 Å². The van der Waals surface area contributed by atoms with Crippen molar-refractivity contribution in [1.29, 1.82) is 0 Å². The van der Waals surface area contributed by atoms with Gasteiger partial charge in [-0.15, -0.1) is 0 Å². The van der Waals surface area contributed by atoms with Gasteiger partial charge in [-0.2, -0.15) is 0 Å². The van der Waals surface area contributed by atoms with Crippen LogP contribution in [0.2, 0.25) is 0 Å². The van der Waals surface area contributed by atoms with Crippen molar-refractivity contribution in [2.75, 3.05) is 11.9 Å². The molecule has 0 radical (unpaired) electrons. The smallest absolute Gasteiger partial charge is 0.224 e. The Bertz CT molecular complexity index is 1470. The Kier molecular flexibility index (Phi) is 10.1. The Morgan fingerprint density at radius 1 is 0.854 bits per heavy atom. The van der Waals surface area contributed by atoms with Crippen LogP contribution in [0.5, 0.6) is 11.5 Å². The number of hydrogen-bond donors (Lipinski definition) is 6. The number of benzene rings is 4. The van der Waals surface area contributed by atoms with E-state index in [0.717, 1.165) is 27.8 Å². The van der Waals surface area contributed by atoms with Crippen LogP contribution in [-0.2, 0) is 29.0 Å². The zero-order chi connectivity index (χ0) is 29.2. The molecule has 4 aromatic rings. The lowest BCUT2D eigenvalue weighted by Crippen LogP contribution is -2.32. The van der Waals surface area contributed by atoms with E-state index in [1.54, 1.807) is 24.3 Å². The van der Waals surface area contributed by atoms with Crippen LogP contribution in [0.15, 0.2) is 91.0 Å². The Balaban J connectivity index is 1.26. The Labute approximate surface area is 239 Å². The highest BCUT2D eigenvalue weighted by Crippen LogP contribution is 2.27. The fraction of sp³-hybridized carbons (Fsp3) is 0.212. The summed E-state index contributed by atoms with van der Waals surface area (Å²) in [5, 5.41) is 38.6. The van der Waals surface area contributed by atoms with Gasteiger partial charge in [-0.25, -0.2) is 0 Å². The first kappa shape index (κ1) is 29.3. The quantitative estimate of drug-likeness (QED) is 0.107. The van der Waals surface area contributed by atoms with Gasteiger partial charge in [-0.05, 0) is 77.1 Å². The molecule has 0 heterocycles. The van der Waals surface area contributed by atoms with Crippen molar-refractivity contribution in [3.8, 4) is 22.6 Å². The average Bonchev–Trinajstić information content (AvgIpc) is 2.97. The molecule has 8 heteroatoms. The molecule has 4 aromatic carbocycles. The van der Waals surface area contributed by atoms with Crippen LogP contribution in [0.25, 0.3) is 11.1 Å². The van der Waals surface area contributed by atoms with E-state index in [1.807, 2.05) is 67.6 Å². The first-order chi connectivity index (χ1) is 19.8. The zero-order valence-electron chi connectivity index (χ0n) is 22.9. The molecule has 0 fully saturated rings. The monoisotopic (exact) mass is 553 g/mol. The van der Waals surface area contributed by atoms with Crippen LogP contribution in [0.4, 0.5) is 5.69 Å². The minimum atomic E-state index is -0.818. The lowest BCUT2D eigenvalue weighted by Gasteiger charge is -2.18. The number of anilines is 1. The Morgan fingerprint density at radius 2 is 1.59 bits per heavy atom. The summed E-state index contributed by atoms with van der Waals surface area (Å²) in [6, 6.07) is 27.5. The highest BCUT2D eigenvalue weighted by Gasteiger charge is 2.13. The second-order valence-electron chi connectivity index (χ2n) is 10.1. The molecule has 2 amide bonds.